The van der Waals surface area contributed by atoms with Gasteiger partial charge in [0, 0.05) is 17.1 Å². The molecule has 1 aromatic carbocycles. The second-order valence-corrected chi connectivity index (χ2v) is 6.69. The van der Waals surface area contributed by atoms with E-state index in [0.717, 1.165) is 36.9 Å². The molecule has 20 heavy (non-hydrogen) atoms. The molecule has 1 fully saturated rings. The van der Waals surface area contributed by atoms with E-state index >= 15 is 0 Å². The summed E-state index contributed by atoms with van der Waals surface area (Å²) in [4.78, 5) is 2.47. The van der Waals surface area contributed by atoms with E-state index < -0.39 is 0 Å². The predicted molar refractivity (Wildman–Crippen MR) is 86.8 cm³/mol. The number of halogens is 1. The average molecular weight is 341 g/mol. The molecule has 1 saturated heterocycles. The van der Waals surface area contributed by atoms with Crippen LogP contribution in [0.2, 0.25) is 0 Å². The molecule has 0 spiro atoms. The zero-order valence-corrected chi connectivity index (χ0v) is 13.9. The minimum absolute atomic E-state index is 0.176. The first-order valence-corrected chi connectivity index (χ1v) is 8.22. The first-order chi connectivity index (χ1) is 9.60. The SMILES string of the molecule is CNC(CCN1CCC(C(C)O)C1)c1cccc(Br)c1. The fraction of sp³-hybridized carbons (Fsp3) is 0.625. The van der Waals surface area contributed by atoms with Crippen LogP contribution in [0.3, 0.4) is 0 Å². The summed E-state index contributed by atoms with van der Waals surface area (Å²) in [5.41, 5.74) is 1.33. The molecule has 0 aliphatic carbocycles. The first kappa shape index (κ1) is 16.0. The molecule has 2 N–H and O–H groups in total. The number of hydrogen-bond donors (Lipinski definition) is 2. The molecule has 0 radical (unpaired) electrons. The third-order valence-corrected chi connectivity index (χ3v) is 4.82. The van der Waals surface area contributed by atoms with E-state index in [4.69, 9.17) is 0 Å². The van der Waals surface area contributed by atoms with Crippen LogP contribution in [-0.2, 0) is 0 Å². The van der Waals surface area contributed by atoms with Crippen molar-refractivity contribution in [3.05, 3.63) is 34.3 Å². The van der Waals surface area contributed by atoms with Crippen LogP contribution in [0, 0.1) is 5.92 Å². The molecule has 1 aliphatic heterocycles. The third-order valence-electron chi connectivity index (χ3n) is 4.32. The van der Waals surface area contributed by atoms with Crippen LogP contribution < -0.4 is 5.32 Å². The van der Waals surface area contributed by atoms with Crippen LogP contribution in [0.4, 0.5) is 0 Å². The fourth-order valence-corrected chi connectivity index (χ4v) is 3.39. The molecule has 0 saturated carbocycles. The van der Waals surface area contributed by atoms with Crippen LogP contribution in [0.15, 0.2) is 28.7 Å². The van der Waals surface area contributed by atoms with Gasteiger partial charge in [0.2, 0.25) is 0 Å². The quantitative estimate of drug-likeness (QED) is 0.835. The van der Waals surface area contributed by atoms with E-state index in [0.29, 0.717) is 12.0 Å². The maximum absolute atomic E-state index is 9.66. The van der Waals surface area contributed by atoms with E-state index in [-0.39, 0.29) is 6.10 Å². The van der Waals surface area contributed by atoms with Crippen LogP contribution in [-0.4, -0.2) is 42.8 Å². The van der Waals surface area contributed by atoms with Crippen LogP contribution >= 0.6 is 15.9 Å². The van der Waals surface area contributed by atoms with Gasteiger partial charge >= 0.3 is 0 Å². The lowest BCUT2D eigenvalue weighted by Crippen LogP contribution is -2.28. The standard InChI is InChI=1S/C16H25BrN2O/c1-12(20)14-6-8-19(11-14)9-7-16(18-2)13-4-3-5-15(17)10-13/h3-5,10,12,14,16,18,20H,6-9,11H2,1-2H3. The number of likely N-dealkylation sites (tertiary alicyclic amines) is 1. The van der Waals surface area contributed by atoms with E-state index in [9.17, 15) is 5.11 Å². The Hall–Kier alpha value is -0.420. The van der Waals surface area contributed by atoms with Gasteiger partial charge in [0.1, 0.15) is 0 Å². The molecular weight excluding hydrogens is 316 g/mol. The molecular formula is C16H25BrN2O. The molecule has 1 aromatic rings. The molecule has 3 nitrogen and oxygen atoms in total. The van der Waals surface area contributed by atoms with Crippen molar-refractivity contribution < 1.29 is 5.11 Å². The van der Waals surface area contributed by atoms with Crippen LogP contribution in [0.5, 0.6) is 0 Å². The maximum atomic E-state index is 9.66. The minimum Gasteiger partial charge on any atom is -0.393 e. The Morgan fingerprint density at radius 2 is 2.30 bits per heavy atom. The topological polar surface area (TPSA) is 35.5 Å². The van der Waals surface area contributed by atoms with Crippen molar-refractivity contribution in [2.45, 2.75) is 31.9 Å². The van der Waals surface area contributed by atoms with Crippen molar-refractivity contribution in [2.24, 2.45) is 5.92 Å². The molecule has 1 heterocycles. The number of aliphatic hydroxyl groups is 1. The van der Waals surface area contributed by atoms with E-state index in [1.54, 1.807) is 0 Å². The highest BCUT2D eigenvalue weighted by Crippen LogP contribution is 2.24. The van der Waals surface area contributed by atoms with Gasteiger partial charge in [0.15, 0.2) is 0 Å². The van der Waals surface area contributed by atoms with Gasteiger partial charge in [-0.3, -0.25) is 0 Å². The summed E-state index contributed by atoms with van der Waals surface area (Å²) in [6.45, 7) is 5.14. The fourth-order valence-electron chi connectivity index (χ4n) is 2.97. The lowest BCUT2D eigenvalue weighted by atomic mass is 10.0. The Balaban J connectivity index is 1.86. The Bertz CT molecular complexity index is 425. The third kappa shape index (κ3) is 4.29. The van der Waals surface area contributed by atoms with E-state index in [2.05, 4.69) is 50.4 Å². The van der Waals surface area contributed by atoms with E-state index in [1.165, 1.54) is 5.56 Å². The number of aliphatic hydroxyl groups excluding tert-OH is 1. The van der Waals surface area contributed by atoms with Crippen molar-refractivity contribution in [2.75, 3.05) is 26.7 Å². The minimum atomic E-state index is -0.176. The van der Waals surface area contributed by atoms with Gasteiger partial charge in [-0.1, -0.05) is 28.1 Å². The summed E-state index contributed by atoms with van der Waals surface area (Å²) < 4.78 is 1.13. The van der Waals surface area contributed by atoms with Crippen molar-refractivity contribution in [3.63, 3.8) is 0 Å². The summed E-state index contributed by atoms with van der Waals surface area (Å²) >= 11 is 3.53. The monoisotopic (exact) mass is 340 g/mol. The molecule has 2 rings (SSSR count). The average Bonchev–Trinajstić information content (AvgIpc) is 2.88. The van der Waals surface area contributed by atoms with Gasteiger partial charge in [-0.2, -0.15) is 0 Å². The number of benzene rings is 1. The highest BCUT2D eigenvalue weighted by Gasteiger charge is 2.26. The highest BCUT2D eigenvalue weighted by atomic mass is 79.9. The molecule has 0 aromatic heterocycles. The second-order valence-electron chi connectivity index (χ2n) is 5.77. The Morgan fingerprint density at radius 1 is 1.50 bits per heavy atom. The normalized spacial score (nSPS) is 22.9. The van der Waals surface area contributed by atoms with E-state index in [1.807, 2.05) is 14.0 Å². The largest absolute Gasteiger partial charge is 0.393 e. The molecule has 0 bridgehead atoms. The molecule has 3 atom stereocenters. The molecule has 112 valence electrons. The van der Waals surface area contributed by atoms with Gasteiger partial charge in [-0.15, -0.1) is 0 Å². The number of hydrogen-bond acceptors (Lipinski definition) is 3. The number of nitrogens with zero attached hydrogens (tertiary/aromatic N) is 1. The Morgan fingerprint density at radius 3 is 2.90 bits per heavy atom. The van der Waals surface area contributed by atoms with Gasteiger partial charge in [-0.25, -0.2) is 0 Å². The van der Waals surface area contributed by atoms with Crippen molar-refractivity contribution in [3.8, 4) is 0 Å². The van der Waals surface area contributed by atoms with Gasteiger partial charge in [0.05, 0.1) is 6.10 Å². The first-order valence-electron chi connectivity index (χ1n) is 7.43. The predicted octanol–water partition coefficient (Wildman–Crippen LogP) is 2.80. The lowest BCUT2D eigenvalue weighted by molar-refractivity contribution is 0.127. The highest BCUT2D eigenvalue weighted by molar-refractivity contribution is 9.10. The zero-order chi connectivity index (χ0) is 14.5. The number of nitrogens with one attached hydrogen (secondary N) is 1. The van der Waals surface area contributed by atoms with Crippen molar-refractivity contribution in [1.82, 2.24) is 10.2 Å². The van der Waals surface area contributed by atoms with Gasteiger partial charge in [0.25, 0.3) is 0 Å². The van der Waals surface area contributed by atoms with Gasteiger partial charge < -0.3 is 15.3 Å². The van der Waals surface area contributed by atoms with Crippen LogP contribution in [0.1, 0.15) is 31.4 Å². The summed E-state index contributed by atoms with van der Waals surface area (Å²) in [7, 11) is 2.02. The molecule has 3 unspecified atom stereocenters. The zero-order valence-electron chi connectivity index (χ0n) is 12.3. The van der Waals surface area contributed by atoms with Crippen LogP contribution in [0.25, 0.3) is 0 Å². The van der Waals surface area contributed by atoms with Gasteiger partial charge in [-0.05, 0) is 63.5 Å². The van der Waals surface area contributed by atoms with Crippen molar-refractivity contribution >= 4 is 15.9 Å². The van der Waals surface area contributed by atoms with Crippen molar-refractivity contribution in [1.29, 1.82) is 0 Å². The summed E-state index contributed by atoms with van der Waals surface area (Å²) in [6, 6.07) is 8.89. The summed E-state index contributed by atoms with van der Waals surface area (Å²) in [6.07, 6.45) is 2.04. The lowest BCUT2D eigenvalue weighted by Gasteiger charge is -2.22. The Labute approximate surface area is 130 Å². The molecule has 4 heteroatoms. The molecule has 1 aliphatic rings. The number of rotatable bonds is 6. The summed E-state index contributed by atoms with van der Waals surface area (Å²) in [5.74, 6) is 0.453. The maximum Gasteiger partial charge on any atom is 0.0552 e. The Kier molecular flexibility index (Phi) is 6.02. The summed E-state index contributed by atoms with van der Waals surface area (Å²) in [5, 5.41) is 13.1. The molecule has 0 amide bonds. The smallest absolute Gasteiger partial charge is 0.0552 e. The second kappa shape index (κ2) is 7.55.